The van der Waals surface area contributed by atoms with Gasteiger partial charge in [-0.25, -0.2) is 0 Å². The Balaban J connectivity index is 1.58. The second kappa shape index (κ2) is 7.16. The topological polar surface area (TPSA) is 34.5 Å². The first kappa shape index (κ1) is 18.3. The van der Waals surface area contributed by atoms with Crippen LogP contribution in [0.3, 0.4) is 0 Å². The van der Waals surface area contributed by atoms with E-state index in [2.05, 4.69) is 44.2 Å². The summed E-state index contributed by atoms with van der Waals surface area (Å²) in [4.78, 5) is 11.1. The first-order valence-electron chi connectivity index (χ1n) is 9.59. The number of pyridine rings is 1. The van der Waals surface area contributed by atoms with E-state index in [1.807, 2.05) is 30.9 Å². The summed E-state index contributed by atoms with van der Waals surface area (Å²) in [5.74, 6) is 0.896. The SMILES string of the molecule is CCC1=NC(C2(C)CC2)C(=Cc2ccc(-c3ccc(C)c(OC)c3)nc2)S1. The quantitative estimate of drug-likeness (QED) is 0.627. The van der Waals surface area contributed by atoms with Crippen LogP contribution in [-0.2, 0) is 0 Å². The first-order chi connectivity index (χ1) is 13.0. The fourth-order valence-corrected chi connectivity index (χ4v) is 4.69. The van der Waals surface area contributed by atoms with Crippen molar-refractivity contribution in [3.8, 4) is 17.0 Å². The molecule has 0 bridgehead atoms. The standard InChI is InChI=1S/C23H26N2OS/c1-5-21-25-22(23(3)10-11-23)20(27-21)12-16-7-9-18(24-14-16)17-8-6-15(2)19(13-17)26-4/h6-9,12-14,22H,5,10-11H2,1-4H3. The number of methoxy groups -OCH3 is 1. The number of hydrogen-bond acceptors (Lipinski definition) is 4. The highest BCUT2D eigenvalue weighted by Gasteiger charge is 2.48. The van der Waals surface area contributed by atoms with Gasteiger partial charge in [0.25, 0.3) is 0 Å². The highest BCUT2D eigenvalue weighted by atomic mass is 32.2. The normalized spacial score (nSPS) is 22.0. The van der Waals surface area contributed by atoms with Gasteiger partial charge < -0.3 is 4.74 Å². The Kier molecular flexibility index (Phi) is 4.85. The molecule has 0 spiro atoms. The van der Waals surface area contributed by atoms with Crippen molar-refractivity contribution in [3.63, 3.8) is 0 Å². The van der Waals surface area contributed by atoms with Crippen molar-refractivity contribution >= 4 is 22.9 Å². The van der Waals surface area contributed by atoms with E-state index in [0.717, 1.165) is 34.6 Å². The van der Waals surface area contributed by atoms with Crippen molar-refractivity contribution in [1.29, 1.82) is 0 Å². The summed E-state index contributed by atoms with van der Waals surface area (Å²) in [6, 6.07) is 10.8. The maximum atomic E-state index is 5.44. The summed E-state index contributed by atoms with van der Waals surface area (Å²) in [5.41, 5.74) is 4.67. The fraction of sp³-hybridized carbons (Fsp3) is 0.391. The van der Waals surface area contributed by atoms with E-state index in [1.165, 1.54) is 22.8 Å². The van der Waals surface area contributed by atoms with Gasteiger partial charge in [0.2, 0.25) is 0 Å². The molecule has 2 aliphatic rings. The number of ether oxygens (including phenoxy) is 1. The van der Waals surface area contributed by atoms with Gasteiger partial charge in [-0.15, -0.1) is 0 Å². The zero-order chi connectivity index (χ0) is 19.0. The van der Waals surface area contributed by atoms with Crippen LogP contribution in [0.4, 0.5) is 0 Å². The second-order valence-electron chi connectivity index (χ2n) is 7.74. The third-order valence-electron chi connectivity index (χ3n) is 5.58. The molecule has 1 aliphatic carbocycles. The number of hydrogen-bond donors (Lipinski definition) is 0. The van der Waals surface area contributed by atoms with Crippen molar-refractivity contribution < 1.29 is 4.74 Å². The lowest BCUT2D eigenvalue weighted by Crippen LogP contribution is -2.15. The van der Waals surface area contributed by atoms with E-state index < -0.39 is 0 Å². The van der Waals surface area contributed by atoms with Crippen LogP contribution < -0.4 is 4.74 Å². The fourth-order valence-electron chi connectivity index (χ4n) is 3.47. The van der Waals surface area contributed by atoms with Crippen LogP contribution in [0.15, 0.2) is 46.4 Å². The Bertz CT molecular complexity index is 910. The molecule has 4 heteroatoms. The molecule has 1 fully saturated rings. The number of nitrogens with zero attached hydrogens (tertiary/aromatic N) is 2. The van der Waals surface area contributed by atoms with E-state index in [4.69, 9.17) is 14.7 Å². The molecule has 27 heavy (non-hydrogen) atoms. The second-order valence-corrected chi connectivity index (χ2v) is 8.89. The Morgan fingerprint density at radius 1 is 1.26 bits per heavy atom. The smallest absolute Gasteiger partial charge is 0.122 e. The van der Waals surface area contributed by atoms with Gasteiger partial charge >= 0.3 is 0 Å². The molecule has 0 amide bonds. The van der Waals surface area contributed by atoms with E-state index in [1.54, 1.807) is 7.11 Å². The van der Waals surface area contributed by atoms with Crippen LogP contribution in [0.25, 0.3) is 17.3 Å². The monoisotopic (exact) mass is 378 g/mol. The third kappa shape index (κ3) is 3.68. The highest BCUT2D eigenvalue weighted by molar-refractivity contribution is 8.17. The van der Waals surface area contributed by atoms with Gasteiger partial charge in [-0.3, -0.25) is 9.98 Å². The van der Waals surface area contributed by atoms with Crippen molar-refractivity contribution in [1.82, 2.24) is 4.98 Å². The molecule has 1 unspecified atom stereocenters. The minimum Gasteiger partial charge on any atom is -0.496 e. The Morgan fingerprint density at radius 3 is 2.70 bits per heavy atom. The molecule has 1 atom stereocenters. The number of aromatic nitrogens is 1. The molecular formula is C23H26N2OS. The lowest BCUT2D eigenvalue weighted by molar-refractivity contribution is 0.412. The van der Waals surface area contributed by atoms with Gasteiger partial charge in [0.15, 0.2) is 0 Å². The van der Waals surface area contributed by atoms with Crippen molar-refractivity contribution in [2.24, 2.45) is 10.4 Å². The molecule has 1 aliphatic heterocycles. The Morgan fingerprint density at radius 2 is 2.07 bits per heavy atom. The molecular weight excluding hydrogens is 352 g/mol. The average Bonchev–Trinajstić information content (AvgIpc) is 3.29. The summed E-state index contributed by atoms with van der Waals surface area (Å²) >= 11 is 1.85. The molecule has 0 saturated heterocycles. The van der Waals surface area contributed by atoms with Crippen LogP contribution in [0, 0.1) is 12.3 Å². The highest BCUT2D eigenvalue weighted by Crippen LogP contribution is 2.56. The Hall–Kier alpha value is -2.07. The molecule has 0 radical (unpaired) electrons. The average molecular weight is 379 g/mol. The molecule has 1 saturated carbocycles. The number of rotatable bonds is 5. The molecule has 1 aromatic carbocycles. The van der Waals surface area contributed by atoms with Gasteiger partial charge in [-0.05, 0) is 60.9 Å². The van der Waals surface area contributed by atoms with E-state index in [9.17, 15) is 0 Å². The van der Waals surface area contributed by atoms with Gasteiger partial charge in [0.1, 0.15) is 5.75 Å². The molecule has 2 aromatic rings. The summed E-state index contributed by atoms with van der Waals surface area (Å²) < 4.78 is 5.44. The maximum Gasteiger partial charge on any atom is 0.122 e. The zero-order valence-electron chi connectivity index (χ0n) is 16.5. The van der Waals surface area contributed by atoms with Crippen LogP contribution in [0.2, 0.25) is 0 Å². The minimum atomic E-state index is 0.332. The minimum absolute atomic E-state index is 0.332. The van der Waals surface area contributed by atoms with Crippen molar-refractivity contribution in [2.75, 3.05) is 7.11 Å². The van der Waals surface area contributed by atoms with Gasteiger partial charge in [0, 0.05) is 16.7 Å². The summed E-state index contributed by atoms with van der Waals surface area (Å²) in [7, 11) is 1.71. The molecule has 2 heterocycles. The number of benzene rings is 1. The Labute approximate surface area is 166 Å². The molecule has 0 N–H and O–H groups in total. The third-order valence-corrected chi connectivity index (χ3v) is 6.79. The summed E-state index contributed by atoms with van der Waals surface area (Å²) in [5, 5.41) is 1.26. The predicted octanol–water partition coefficient (Wildman–Crippen LogP) is 6.13. The lowest BCUT2D eigenvalue weighted by atomic mass is 9.98. The first-order valence-corrected chi connectivity index (χ1v) is 10.4. The molecule has 140 valence electrons. The zero-order valence-corrected chi connectivity index (χ0v) is 17.3. The van der Waals surface area contributed by atoms with E-state index in [-0.39, 0.29) is 0 Å². The van der Waals surface area contributed by atoms with Crippen LogP contribution in [-0.4, -0.2) is 23.2 Å². The predicted molar refractivity (Wildman–Crippen MR) is 115 cm³/mol. The van der Waals surface area contributed by atoms with Gasteiger partial charge in [0.05, 0.1) is 23.9 Å². The lowest BCUT2D eigenvalue weighted by Gasteiger charge is -2.16. The van der Waals surface area contributed by atoms with E-state index >= 15 is 0 Å². The molecule has 3 nitrogen and oxygen atoms in total. The number of thioether (sulfide) groups is 1. The molecule has 1 aromatic heterocycles. The summed E-state index contributed by atoms with van der Waals surface area (Å²) in [6.45, 7) is 6.60. The van der Waals surface area contributed by atoms with Crippen LogP contribution in [0.1, 0.15) is 44.2 Å². The van der Waals surface area contributed by atoms with E-state index in [0.29, 0.717) is 11.5 Å². The van der Waals surface area contributed by atoms with Crippen LogP contribution >= 0.6 is 11.8 Å². The maximum absolute atomic E-state index is 5.44. The molecule has 4 rings (SSSR count). The largest absolute Gasteiger partial charge is 0.496 e. The number of aryl methyl sites for hydroxylation is 1. The van der Waals surface area contributed by atoms with Crippen molar-refractivity contribution in [3.05, 3.63) is 52.6 Å². The van der Waals surface area contributed by atoms with Crippen LogP contribution in [0.5, 0.6) is 5.75 Å². The summed E-state index contributed by atoms with van der Waals surface area (Å²) in [6.07, 6.45) is 7.81. The number of aliphatic imine (C=N–C) groups is 1. The van der Waals surface area contributed by atoms with Gasteiger partial charge in [-0.2, -0.15) is 0 Å². The van der Waals surface area contributed by atoms with Crippen molar-refractivity contribution in [2.45, 2.75) is 46.1 Å². The van der Waals surface area contributed by atoms with Gasteiger partial charge in [-0.1, -0.05) is 43.8 Å².